The minimum Gasteiger partial charge on any atom is -0.454 e. The predicted octanol–water partition coefficient (Wildman–Crippen LogP) is 4.35. The molecule has 3 aromatic rings. The van der Waals surface area contributed by atoms with Gasteiger partial charge in [0.05, 0.1) is 10.4 Å². The number of hydrogen-bond donors (Lipinski definition) is 1. The summed E-state index contributed by atoms with van der Waals surface area (Å²) < 4.78 is 5.72. The maximum atomic E-state index is 12.2. The molecule has 0 radical (unpaired) electrons. The van der Waals surface area contributed by atoms with Crippen LogP contribution in [0.15, 0.2) is 51.7 Å². The highest BCUT2D eigenvalue weighted by Crippen LogP contribution is 2.30. The van der Waals surface area contributed by atoms with Crippen molar-refractivity contribution in [2.45, 2.75) is 0 Å². The van der Waals surface area contributed by atoms with E-state index in [2.05, 4.69) is 0 Å². The number of fused-ring (bicyclic) bond motifs is 1. The van der Waals surface area contributed by atoms with E-state index in [0.717, 1.165) is 5.56 Å². The summed E-state index contributed by atoms with van der Waals surface area (Å²) >= 11 is 12.0. The van der Waals surface area contributed by atoms with Gasteiger partial charge in [0.15, 0.2) is 11.0 Å². The molecule has 1 heterocycles. The third kappa shape index (κ3) is 2.26. The van der Waals surface area contributed by atoms with Crippen molar-refractivity contribution in [3.8, 4) is 11.3 Å². The molecule has 2 N–H and O–H groups in total. The first-order valence-corrected chi connectivity index (χ1v) is 6.59. The predicted molar refractivity (Wildman–Crippen MR) is 82.4 cm³/mol. The minimum atomic E-state index is -0.201. The van der Waals surface area contributed by atoms with Crippen LogP contribution < -0.4 is 11.2 Å². The normalized spacial score (nSPS) is 10.9. The summed E-state index contributed by atoms with van der Waals surface area (Å²) in [5.74, 6) is 0.416. The lowest BCUT2D eigenvalue weighted by Crippen LogP contribution is -2.00. The summed E-state index contributed by atoms with van der Waals surface area (Å²) in [6, 6.07) is 11.6. The van der Waals surface area contributed by atoms with Crippen LogP contribution in [0.25, 0.3) is 22.3 Å². The molecule has 3 rings (SSSR count). The Labute approximate surface area is 124 Å². The maximum Gasteiger partial charge on any atom is 0.193 e. The van der Waals surface area contributed by atoms with E-state index >= 15 is 0 Å². The van der Waals surface area contributed by atoms with E-state index in [0.29, 0.717) is 32.5 Å². The molecule has 20 heavy (non-hydrogen) atoms. The van der Waals surface area contributed by atoms with Crippen molar-refractivity contribution in [1.82, 2.24) is 0 Å². The van der Waals surface area contributed by atoms with Crippen molar-refractivity contribution >= 4 is 39.9 Å². The number of halogens is 2. The van der Waals surface area contributed by atoms with Crippen LogP contribution in [0.4, 0.5) is 5.69 Å². The zero-order valence-corrected chi connectivity index (χ0v) is 11.7. The average molecular weight is 306 g/mol. The molecule has 0 saturated heterocycles. The molecule has 5 heteroatoms. The Morgan fingerprint density at radius 3 is 2.60 bits per heavy atom. The van der Waals surface area contributed by atoms with Gasteiger partial charge in [0.25, 0.3) is 0 Å². The molecular formula is C15H9Cl2NO2. The van der Waals surface area contributed by atoms with Crippen LogP contribution in [0.5, 0.6) is 0 Å². The van der Waals surface area contributed by atoms with E-state index < -0.39 is 0 Å². The molecule has 0 bridgehead atoms. The van der Waals surface area contributed by atoms with Gasteiger partial charge in [-0.1, -0.05) is 35.3 Å². The number of anilines is 1. The van der Waals surface area contributed by atoms with Gasteiger partial charge in [-0.05, 0) is 24.3 Å². The van der Waals surface area contributed by atoms with Gasteiger partial charge >= 0.3 is 0 Å². The molecule has 0 spiro atoms. The SMILES string of the molecule is Nc1cccc(-c2cc(=O)c3cc(Cl)cc(Cl)c3o2)c1. The smallest absolute Gasteiger partial charge is 0.193 e. The highest BCUT2D eigenvalue weighted by Gasteiger charge is 2.11. The molecule has 0 amide bonds. The molecule has 0 aliphatic rings. The maximum absolute atomic E-state index is 12.2. The van der Waals surface area contributed by atoms with Crippen molar-refractivity contribution in [3.63, 3.8) is 0 Å². The van der Waals surface area contributed by atoms with Crippen molar-refractivity contribution in [2.75, 3.05) is 5.73 Å². The van der Waals surface area contributed by atoms with Gasteiger partial charge in [-0.15, -0.1) is 0 Å². The molecule has 3 nitrogen and oxygen atoms in total. The highest BCUT2D eigenvalue weighted by atomic mass is 35.5. The standard InChI is InChI=1S/C15H9Cl2NO2/c16-9-5-11-13(19)7-14(20-15(11)12(17)6-9)8-2-1-3-10(18)4-8/h1-7H,18H2. The number of hydrogen-bond acceptors (Lipinski definition) is 3. The fourth-order valence-corrected chi connectivity index (χ4v) is 2.55. The first-order valence-electron chi connectivity index (χ1n) is 5.83. The first-order chi connectivity index (χ1) is 9.54. The Morgan fingerprint density at radius 1 is 1.05 bits per heavy atom. The van der Waals surface area contributed by atoms with Crippen LogP contribution in [0.1, 0.15) is 0 Å². The molecule has 0 fully saturated rings. The van der Waals surface area contributed by atoms with Crippen LogP contribution in [-0.2, 0) is 0 Å². The number of nitrogen functional groups attached to an aromatic ring is 1. The first kappa shape index (κ1) is 13.0. The monoisotopic (exact) mass is 305 g/mol. The Balaban J connectivity index is 2.32. The molecule has 0 atom stereocenters. The minimum absolute atomic E-state index is 0.201. The molecule has 0 aliphatic carbocycles. The molecule has 1 aromatic heterocycles. The van der Waals surface area contributed by atoms with Gasteiger partial charge in [-0.2, -0.15) is 0 Å². The van der Waals surface area contributed by atoms with Crippen LogP contribution >= 0.6 is 23.2 Å². The molecule has 0 saturated carbocycles. The summed E-state index contributed by atoms with van der Waals surface area (Å²) in [6.45, 7) is 0. The van der Waals surface area contributed by atoms with E-state index in [1.54, 1.807) is 18.2 Å². The lowest BCUT2D eigenvalue weighted by molar-refractivity contribution is 0.619. The molecule has 2 aromatic carbocycles. The van der Waals surface area contributed by atoms with Gasteiger partial charge in [0.2, 0.25) is 0 Å². The van der Waals surface area contributed by atoms with E-state index in [1.165, 1.54) is 18.2 Å². The zero-order chi connectivity index (χ0) is 14.3. The third-order valence-electron chi connectivity index (χ3n) is 2.92. The lowest BCUT2D eigenvalue weighted by atomic mass is 10.1. The molecule has 0 unspecified atom stereocenters. The number of nitrogens with two attached hydrogens (primary N) is 1. The van der Waals surface area contributed by atoms with Crippen LogP contribution in [0.2, 0.25) is 10.0 Å². The van der Waals surface area contributed by atoms with Gasteiger partial charge in [0.1, 0.15) is 5.76 Å². The van der Waals surface area contributed by atoms with Crippen molar-refractivity contribution in [2.24, 2.45) is 0 Å². The van der Waals surface area contributed by atoms with Crippen LogP contribution in [-0.4, -0.2) is 0 Å². The fourth-order valence-electron chi connectivity index (χ4n) is 2.02. The van der Waals surface area contributed by atoms with Crippen molar-refractivity contribution < 1.29 is 4.42 Å². The van der Waals surface area contributed by atoms with Gasteiger partial charge in [-0.25, -0.2) is 0 Å². The third-order valence-corrected chi connectivity index (χ3v) is 3.42. The van der Waals surface area contributed by atoms with E-state index in [4.69, 9.17) is 33.4 Å². The van der Waals surface area contributed by atoms with Gasteiger partial charge in [-0.3, -0.25) is 4.79 Å². The molecular weight excluding hydrogens is 297 g/mol. The van der Waals surface area contributed by atoms with Crippen molar-refractivity contribution in [3.05, 3.63) is 62.7 Å². The Hall–Kier alpha value is -1.97. The fraction of sp³-hybridized carbons (Fsp3) is 0. The second-order valence-electron chi connectivity index (χ2n) is 4.36. The van der Waals surface area contributed by atoms with Crippen molar-refractivity contribution in [1.29, 1.82) is 0 Å². The van der Waals surface area contributed by atoms with Gasteiger partial charge in [0, 0.05) is 22.3 Å². The summed E-state index contributed by atoms with van der Waals surface area (Å²) in [5, 5.41) is 1.05. The van der Waals surface area contributed by atoms with E-state index in [-0.39, 0.29) is 5.43 Å². The lowest BCUT2D eigenvalue weighted by Gasteiger charge is -2.05. The van der Waals surface area contributed by atoms with Crippen LogP contribution in [0, 0.1) is 0 Å². The largest absolute Gasteiger partial charge is 0.454 e. The highest BCUT2D eigenvalue weighted by molar-refractivity contribution is 6.38. The number of benzene rings is 2. The topological polar surface area (TPSA) is 56.2 Å². The van der Waals surface area contributed by atoms with Crippen LogP contribution in [0.3, 0.4) is 0 Å². The van der Waals surface area contributed by atoms with Gasteiger partial charge < -0.3 is 10.2 Å². The van der Waals surface area contributed by atoms with E-state index in [9.17, 15) is 4.79 Å². The summed E-state index contributed by atoms with van der Waals surface area (Å²) in [7, 11) is 0. The Bertz CT molecular complexity index is 871. The average Bonchev–Trinajstić information content (AvgIpc) is 2.39. The summed E-state index contributed by atoms with van der Waals surface area (Å²) in [4.78, 5) is 12.2. The second kappa shape index (κ2) is 4.85. The van der Waals surface area contributed by atoms with E-state index in [1.807, 2.05) is 6.07 Å². The Morgan fingerprint density at radius 2 is 1.85 bits per heavy atom. The Kier molecular flexibility index (Phi) is 3.16. The summed E-state index contributed by atoms with van der Waals surface area (Å²) in [5.41, 5.74) is 7.16. The summed E-state index contributed by atoms with van der Waals surface area (Å²) in [6.07, 6.45) is 0. The number of rotatable bonds is 1. The molecule has 0 aliphatic heterocycles. The quantitative estimate of drug-likeness (QED) is 0.680. The second-order valence-corrected chi connectivity index (χ2v) is 5.21. The molecule has 100 valence electrons. The zero-order valence-electron chi connectivity index (χ0n) is 10.2.